The van der Waals surface area contributed by atoms with E-state index < -0.39 is 42.1 Å². The Kier molecular flexibility index (Phi) is 34.2. The van der Waals surface area contributed by atoms with Crippen molar-refractivity contribution in [2.45, 2.75) is 79.4 Å². The summed E-state index contributed by atoms with van der Waals surface area (Å²) >= 11 is 0. The van der Waals surface area contributed by atoms with E-state index in [4.69, 9.17) is 26.4 Å². The fourth-order valence-corrected chi connectivity index (χ4v) is 2.76. The first kappa shape index (κ1) is 50.0. The van der Waals surface area contributed by atoms with Crippen molar-refractivity contribution in [3.05, 3.63) is 0 Å². The largest absolute Gasteiger partial charge is 1.00 e. The van der Waals surface area contributed by atoms with Gasteiger partial charge < -0.3 is 52.6 Å². The van der Waals surface area contributed by atoms with Crippen LogP contribution in [0, 0.1) is 23.7 Å². The van der Waals surface area contributed by atoms with Gasteiger partial charge in [-0.15, -0.1) is 0 Å². The molecule has 0 radical (unpaired) electrons. The van der Waals surface area contributed by atoms with Crippen LogP contribution in [0.1, 0.15) is 67.2 Å². The summed E-state index contributed by atoms with van der Waals surface area (Å²) in [5.74, 6) is -2.67. The molecule has 0 aliphatic carbocycles. The van der Waals surface area contributed by atoms with Crippen LogP contribution >= 0.6 is 0 Å². The summed E-state index contributed by atoms with van der Waals surface area (Å²) in [5.41, 5.74) is 9.81. The Morgan fingerprint density at radius 2 is 1.16 bits per heavy atom. The minimum absolute atomic E-state index is 0. The molecule has 4 atom stereocenters. The van der Waals surface area contributed by atoms with Crippen LogP contribution in [0.2, 0.25) is 0 Å². The number of carboxylic acid groups (broad SMARTS) is 1. The molecule has 0 aliphatic rings. The molecule has 0 aliphatic heterocycles. The number of aliphatic hydroxyl groups is 1. The van der Waals surface area contributed by atoms with Crippen molar-refractivity contribution < 1.29 is 83.5 Å². The van der Waals surface area contributed by atoms with E-state index in [-0.39, 0.29) is 84.0 Å². The Morgan fingerprint density at radius 1 is 0.744 bits per heavy atom. The van der Waals surface area contributed by atoms with Crippen molar-refractivity contribution in [1.82, 2.24) is 16.0 Å². The van der Waals surface area contributed by atoms with Gasteiger partial charge >= 0.3 is 59.5 Å². The van der Waals surface area contributed by atoms with E-state index in [0.717, 1.165) is 7.11 Å². The molecule has 0 saturated heterocycles. The zero-order valence-electron chi connectivity index (χ0n) is 27.0. The number of carbonyl (C=O) groups is 6. The Hall–Kier alpha value is -2.66. The van der Waals surface area contributed by atoms with E-state index in [2.05, 4.69) is 20.7 Å². The molecule has 0 unspecified atom stereocenters. The molecule has 0 aromatic carbocycles. The van der Waals surface area contributed by atoms with E-state index in [9.17, 15) is 28.8 Å². The fraction of sp³-hybridized carbons (Fsp3) is 0.769. The van der Waals surface area contributed by atoms with Crippen LogP contribution in [-0.2, 0) is 28.7 Å². The van der Waals surface area contributed by atoms with Gasteiger partial charge in [0, 0.05) is 26.1 Å². The summed E-state index contributed by atoms with van der Waals surface area (Å²) in [6, 6.07) is -2.22. The molecule has 43 heavy (non-hydrogen) atoms. The van der Waals surface area contributed by atoms with Gasteiger partial charge in [0.1, 0.15) is 6.04 Å². The Bertz CT molecular complexity index is 816. The first-order valence-electron chi connectivity index (χ1n) is 13.4. The van der Waals surface area contributed by atoms with Crippen LogP contribution in [0.4, 0.5) is 9.59 Å². The second kappa shape index (κ2) is 29.4. The fourth-order valence-electron chi connectivity index (χ4n) is 2.76. The van der Waals surface area contributed by atoms with Gasteiger partial charge in [0.15, 0.2) is 6.10 Å². The van der Waals surface area contributed by atoms with E-state index in [1.54, 1.807) is 13.8 Å². The van der Waals surface area contributed by atoms with Gasteiger partial charge in [0.05, 0.1) is 13.0 Å². The number of esters is 2. The van der Waals surface area contributed by atoms with Crippen LogP contribution in [0.3, 0.4) is 0 Å². The number of ether oxygens (including phenoxy) is 2. The van der Waals surface area contributed by atoms with Crippen LogP contribution in [-0.4, -0.2) is 91.0 Å². The Labute approximate surface area is 276 Å². The number of nitrogens with one attached hydrogen (secondary N) is 3. The van der Waals surface area contributed by atoms with Crippen LogP contribution in [0.15, 0.2) is 0 Å². The maximum Gasteiger partial charge on any atom is 1.00 e. The summed E-state index contributed by atoms with van der Waals surface area (Å²) in [4.78, 5) is 67.2. The molecule has 248 valence electrons. The molecule has 5 amide bonds. The van der Waals surface area contributed by atoms with Gasteiger partial charge in [0.2, 0.25) is 5.91 Å². The van der Waals surface area contributed by atoms with E-state index >= 15 is 0 Å². The summed E-state index contributed by atoms with van der Waals surface area (Å²) in [6.07, 6.45) is 0.432. The van der Waals surface area contributed by atoms with Crippen molar-refractivity contribution in [2.24, 2.45) is 35.1 Å². The first-order chi connectivity index (χ1) is 19.0. The number of carboxylic acids is 1. The number of carbonyl (C=O) groups excluding carboxylic acids is 5. The van der Waals surface area contributed by atoms with Crippen LogP contribution < -0.4 is 57.0 Å². The molecule has 10 N–H and O–H groups in total. The third kappa shape index (κ3) is 26.7. The molecular formula is C26H52N5NaO11. The smallest absolute Gasteiger partial charge is 0.870 e. The Morgan fingerprint density at radius 3 is 1.51 bits per heavy atom. The minimum atomic E-state index is -1.08. The number of aliphatic carboxylic acids is 1. The van der Waals surface area contributed by atoms with Crippen molar-refractivity contribution >= 4 is 35.9 Å². The van der Waals surface area contributed by atoms with E-state index in [1.807, 2.05) is 27.7 Å². The minimum Gasteiger partial charge on any atom is -0.870 e. The Balaban J connectivity index is -0.000000203. The number of amides is 5. The number of primary amides is 2. The third-order valence-corrected chi connectivity index (χ3v) is 6.03. The summed E-state index contributed by atoms with van der Waals surface area (Å²) in [6.45, 7) is 11.7. The van der Waals surface area contributed by atoms with Gasteiger partial charge in [-0.2, -0.15) is 0 Å². The average Bonchev–Trinajstić information content (AvgIpc) is 2.91. The van der Waals surface area contributed by atoms with Gasteiger partial charge in [-0.25, -0.2) is 19.2 Å². The molecule has 17 heteroatoms. The van der Waals surface area contributed by atoms with Crippen LogP contribution in [0.5, 0.6) is 0 Å². The molecule has 0 heterocycles. The van der Waals surface area contributed by atoms with Gasteiger partial charge in [-0.05, 0) is 37.5 Å². The third-order valence-electron chi connectivity index (χ3n) is 6.03. The van der Waals surface area contributed by atoms with Gasteiger partial charge in [-0.1, -0.05) is 41.5 Å². The van der Waals surface area contributed by atoms with Crippen molar-refractivity contribution in [1.29, 1.82) is 0 Å². The van der Waals surface area contributed by atoms with Gasteiger partial charge in [-0.3, -0.25) is 9.59 Å². The number of hydrogen-bond acceptors (Lipinski definition) is 10. The van der Waals surface area contributed by atoms with Crippen LogP contribution in [0.25, 0.3) is 0 Å². The SMILES string of the molecule is CC(C)[C@H](C)C(=O)N[C@@H](CCCNC(N)=O)C(=O)O.CO.COC(=O)[C@H](CCCNC(N)=O)OC(=O)[C@@H](C)C(C)C.[Na+].[OH-]. The maximum absolute atomic E-state index is 11.8. The molecule has 0 aromatic rings. The maximum atomic E-state index is 11.8. The first-order valence-corrected chi connectivity index (χ1v) is 13.4. The standard InChI is InChI=1S/C13H24N2O5.C12H23N3O4.CH4O.Na.H2O/c1-8(2)9(3)11(16)20-10(12(17)19-4)6-5-7-15-13(14)18;1-7(2)8(3)10(16)15-9(11(17)18)5-4-6-14-12(13)19;1-2;;/h8-10H,5-7H2,1-4H3,(H3,14,15,18);7-9H,4-6H2,1-3H3,(H,15,16)(H,17,18)(H3,13,14,19);2H,1H3;;1H2/q;;;+1;/p-1/t9-,10-;8-,9-;;;/m00.../s1. The molecule has 0 bridgehead atoms. The quantitative estimate of drug-likeness (QED) is 0.0532. The topological polar surface area (TPSA) is 279 Å². The summed E-state index contributed by atoms with van der Waals surface area (Å²) < 4.78 is 9.78. The molecule has 0 aromatic heterocycles. The predicted molar refractivity (Wildman–Crippen MR) is 153 cm³/mol. The number of aliphatic hydroxyl groups excluding tert-OH is 1. The zero-order valence-corrected chi connectivity index (χ0v) is 29.0. The number of rotatable bonds is 16. The number of urea groups is 2. The summed E-state index contributed by atoms with van der Waals surface area (Å²) in [5, 5.41) is 23.3. The normalized spacial score (nSPS) is 12.4. The molecular weight excluding hydrogens is 581 g/mol. The molecule has 0 saturated carbocycles. The van der Waals surface area contributed by atoms with E-state index in [1.165, 1.54) is 7.11 Å². The van der Waals surface area contributed by atoms with Gasteiger partial charge in [0.25, 0.3) is 0 Å². The van der Waals surface area contributed by atoms with Crippen molar-refractivity contribution in [2.75, 3.05) is 27.3 Å². The number of nitrogens with two attached hydrogens (primary N) is 2. The number of methoxy groups -OCH3 is 1. The van der Waals surface area contributed by atoms with E-state index in [0.29, 0.717) is 19.4 Å². The molecule has 0 fully saturated rings. The summed E-state index contributed by atoms with van der Waals surface area (Å²) in [7, 11) is 2.23. The van der Waals surface area contributed by atoms with Crippen molar-refractivity contribution in [3.8, 4) is 0 Å². The monoisotopic (exact) mass is 633 g/mol. The molecule has 0 spiro atoms. The van der Waals surface area contributed by atoms with Crippen molar-refractivity contribution in [3.63, 3.8) is 0 Å². The molecule has 16 nitrogen and oxygen atoms in total. The zero-order chi connectivity index (χ0) is 32.7. The molecule has 0 rings (SSSR count). The average molecular weight is 634 g/mol. The second-order valence-corrected chi connectivity index (χ2v) is 9.78. The second-order valence-electron chi connectivity index (χ2n) is 9.78. The predicted octanol–water partition coefficient (Wildman–Crippen LogP) is -2.46. The number of hydrogen-bond donors (Lipinski definition) is 7.